The number of rotatable bonds is 6. The number of hydrogen-bond acceptors (Lipinski definition) is 6. The van der Waals surface area contributed by atoms with Crippen LogP contribution in [0.2, 0.25) is 0 Å². The van der Waals surface area contributed by atoms with Crippen molar-refractivity contribution >= 4 is 27.2 Å². The number of aryl methyl sites for hydroxylation is 1. The summed E-state index contributed by atoms with van der Waals surface area (Å²) < 4.78 is 1.29. The van der Waals surface area contributed by atoms with Crippen LogP contribution in [0.5, 0.6) is 0 Å². The summed E-state index contributed by atoms with van der Waals surface area (Å²) >= 11 is 1.80. The summed E-state index contributed by atoms with van der Waals surface area (Å²) in [6.07, 6.45) is 3.85. The minimum Gasteiger partial charge on any atom is -0.354 e. The van der Waals surface area contributed by atoms with E-state index in [2.05, 4.69) is 118 Å². The third-order valence-electron chi connectivity index (χ3n) is 7.80. The first-order valence-corrected chi connectivity index (χ1v) is 14.9. The van der Waals surface area contributed by atoms with Gasteiger partial charge in [-0.15, -0.1) is 11.3 Å². The number of thiophene rings is 1. The van der Waals surface area contributed by atoms with E-state index in [0.29, 0.717) is 0 Å². The van der Waals surface area contributed by atoms with Crippen LogP contribution in [0.25, 0.3) is 31.8 Å². The van der Waals surface area contributed by atoms with E-state index >= 15 is 0 Å². The van der Waals surface area contributed by atoms with E-state index < -0.39 is 0 Å². The molecule has 0 bridgehead atoms. The van der Waals surface area contributed by atoms with Gasteiger partial charge in [0.1, 0.15) is 11.6 Å². The van der Waals surface area contributed by atoms with Gasteiger partial charge in [0.25, 0.3) is 0 Å². The molecule has 202 valence electrons. The van der Waals surface area contributed by atoms with E-state index in [-0.39, 0.29) is 6.04 Å². The van der Waals surface area contributed by atoms with Gasteiger partial charge < -0.3 is 4.90 Å². The molecule has 1 aliphatic heterocycles. The third kappa shape index (κ3) is 5.36. The second kappa shape index (κ2) is 11.2. The summed E-state index contributed by atoms with van der Waals surface area (Å²) in [5.74, 6) is 1.76. The average molecular weight is 554 g/mol. The van der Waals surface area contributed by atoms with Crippen LogP contribution in [0.15, 0.2) is 116 Å². The lowest BCUT2D eigenvalue weighted by molar-refractivity contribution is 0.212. The molecule has 7 rings (SSSR count). The second-order valence-corrected chi connectivity index (χ2v) is 11.6. The lowest BCUT2D eigenvalue weighted by Gasteiger charge is -2.40. The van der Waals surface area contributed by atoms with Crippen molar-refractivity contribution in [2.24, 2.45) is 0 Å². The topological polar surface area (TPSA) is 45.2 Å². The Balaban J connectivity index is 1.13. The van der Waals surface area contributed by atoms with Gasteiger partial charge in [-0.3, -0.25) is 9.88 Å². The number of nitrogens with zero attached hydrogens (tertiary/aromatic N) is 5. The van der Waals surface area contributed by atoms with Gasteiger partial charge in [0.2, 0.25) is 0 Å². The van der Waals surface area contributed by atoms with Gasteiger partial charge in [-0.2, -0.15) is 0 Å². The molecule has 5 nitrogen and oxygen atoms in total. The Bertz CT molecular complexity index is 1700. The minimum atomic E-state index is 0.241. The fourth-order valence-electron chi connectivity index (χ4n) is 5.79. The minimum absolute atomic E-state index is 0.241. The molecule has 0 saturated carbocycles. The fraction of sp³-hybridized carbons (Fsp3) is 0.171. The maximum absolute atomic E-state index is 4.86. The van der Waals surface area contributed by atoms with Crippen LogP contribution in [0.1, 0.15) is 23.0 Å². The quantitative estimate of drug-likeness (QED) is 0.212. The highest BCUT2D eigenvalue weighted by molar-refractivity contribution is 7.22. The molecular weight excluding hydrogens is 522 g/mol. The smallest absolute Gasteiger partial charge is 0.132 e. The number of piperazine rings is 1. The Morgan fingerprint density at radius 1 is 0.683 bits per heavy atom. The lowest BCUT2D eigenvalue weighted by Crippen LogP contribution is -2.48. The second-order valence-electron chi connectivity index (χ2n) is 10.5. The Labute approximate surface area is 244 Å². The molecule has 0 aliphatic carbocycles. The SMILES string of the molecule is Cc1nc(-c2cncc(-c3cc4ccccc4s3)c2)cc(N2CCN(C(c3ccccc3)c3ccccc3)CC2)n1. The third-order valence-corrected chi connectivity index (χ3v) is 8.97. The van der Waals surface area contributed by atoms with Gasteiger partial charge in [0.05, 0.1) is 11.7 Å². The summed E-state index contributed by atoms with van der Waals surface area (Å²) in [6, 6.07) is 37.0. The lowest BCUT2D eigenvalue weighted by atomic mass is 9.96. The van der Waals surface area contributed by atoms with Crippen LogP contribution < -0.4 is 4.90 Å². The predicted octanol–water partition coefficient (Wildman–Crippen LogP) is 7.64. The van der Waals surface area contributed by atoms with Crippen LogP contribution in [-0.2, 0) is 0 Å². The molecular formula is C35H31N5S. The van der Waals surface area contributed by atoms with Gasteiger partial charge in [-0.05, 0) is 41.6 Å². The van der Waals surface area contributed by atoms with Gasteiger partial charge in [-0.1, -0.05) is 78.9 Å². The Morgan fingerprint density at radius 3 is 2.05 bits per heavy atom. The largest absolute Gasteiger partial charge is 0.354 e. The molecule has 1 aliphatic rings. The van der Waals surface area contributed by atoms with Crippen molar-refractivity contribution in [2.75, 3.05) is 31.1 Å². The molecule has 6 aromatic rings. The summed E-state index contributed by atoms with van der Waals surface area (Å²) in [5, 5.41) is 1.26. The van der Waals surface area contributed by atoms with Crippen molar-refractivity contribution in [3.8, 4) is 21.7 Å². The van der Waals surface area contributed by atoms with Crippen LogP contribution >= 0.6 is 11.3 Å². The summed E-state index contributed by atoms with van der Waals surface area (Å²) in [5.41, 5.74) is 5.70. The van der Waals surface area contributed by atoms with E-state index in [9.17, 15) is 0 Å². The van der Waals surface area contributed by atoms with Gasteiger partial charge >= 0.3 is 0 Å². The van der Waals surface area contributed by atoms with Crippen molar-refractivity contribution in [1.82, 2.24) is 19.9 Å². The number of hydrogen-bond donors (Lipinski definition) is 0. The van der Waals surface area contributed by atoms with Gasteiger partial charge in [0.15, 0.2) is 0 Å². The zero-order chi connectivity index (χ0) is 27.6. The fourth-order valence-corrected chi connectivity index (χ4v) is 6.84. The molecule has 41 heavy (non-hydrogen) atoms. The Morgan fingerprint density at radius 2 is 1.34 bits per heavy atom. The summed E-state index contributed by atoms with van der Waals surface area (Å²) in [7, 11) is 0. The van der Waals surface area contributed by atoms with Crippen molar-refractivity contribution in [3.63, 3.8) is 0 Å². The highest BCUT2D eigenvalue weighted by atomic mass is 32.1. The van der Waals surface area contributed by atoms with E-state index in [1.54, 1.807) is 11.3 Å². The average Bonchev–Trinajstić information content (AvgIpc) is 3.47. The van der Waals surface area contributed by atoms with Crippen LogP contribution in [0.3, 0.4) is 0 Å². The van der Waals surface area contributed by atoms with E-state index in [1.807, 2.05) is 19.3 Å². The maximum atomic E-state index is 4.86. The summed E-state index contributed by atoms with van der Waals surface area (Å²) in [4.78, 5) is 20.5. The van der Waals surface area contributed by atoms with E-state index in [1.165, 1.54) is 26.1 Å². The van der Waals surface area contributed by atoms with Crippen molar-refractivity contribution in [3.05, 3.63) is 132 Å². The first kappa shape index (κ1) is 25.6. The highest BCUT2D eigenvalue weighted by Crippen LogP contribution is 2.35. The van der Waals surface area contributed by atoms with Gasteiger partial charge in [-0.25, -0.2) is 9.97 Å². The molecule has 3 aromatic heterocycles. The molecule has 1 saturated heterocycles. The number of fused-ring (bicyclic) bond motifs is 1. The normalized spacial score (nSPS) is 14.1. The van der Waals surface area contributed by atoms with Crippen molar-refractivity contribution < 1.29 is 0 Å². The monoisotopic (exact) mass is 553 g/mol. The molecule has 0 unspecified atom stereocenters. The summed E-state index contributed by atoms with van der Waals surface area (Å²) in [6.45, 7) is 5.71. The molecule has 1 fully saturated rings. The first-order chi connectivity index (χ1) is 20.2. The standard InChI is InChI=1S/C35H31N5S/c1-25-37-31(29-20-30(24-36-23-29)33-21-28-14-8-9-15-32(28)41-33)22-34(38-25)39-16-18-40(19-17-39)35(26-10-4-2-5-11-26)27-12-6-3-7-13-27/h2-15,20-24,35H,16-19H2,1H3. The van der Waals surface area contributed by atoms with Crippen molar-refractivity contribution in [1.29, 1.82) is 0 Å². The van der Waals surface area contributed by atoms with Gasteiger partial charge in [0, 0.05) is 65.3 Å². The van der Waals surface area contributed by atoms with Crippen LogP contribution in [0.4, 0.5) is 5.82 Å². The maximum Gasteiger partial charge on any atom is 0.132 e. The van der Waals surface area contributed by atoms with Crippen LogP contribution in [-0.4, -0.2) is 46.0 Å². The predicted molar refractivity (Wildman–Crippen MR) is 169 cm³/mol. The number of benzene rings is 3. The molecule has 0 N–H and O–H groups in total. The zero-order valence-corrected chi connectivity index (χ0v) is 23.8. The number of anilines is 1. The Hall–Kier alpha value is -4.39. The molecule has 6 heteroatoms. The molecule has 3 aromatic carbocycles. The number of aromatic nitrogens is 3. The molecule has 0 amide bonds. The molecule has 0 atom stereocenters. The van der Waals surface area contributed by atoms with E-state index in [4.69, 9.17) is 9.97 Å². The first-order valence-electron chi connectivity index (χ1n) is 14.1. The molecule has 0 radical (unpaired) electrons. The Kier molecular flexibility index (Phi) is 7.01. The number of pyridine rings is 1. The van der Waals surface area contributed by atoms with E-state index in [0.717, 1.165) is 54.6 Å². The van der Waals surface area contributed by atoms with Crippen LogP contribution in [0, 0.1) is 6.92 Å². The molecule has 4 heterocycles. The highest BCUT2D eigenvalue weighted by Gasteiger charge is 2.27. The van der Waals surface area contributed by atoms with Crippen molar-refractivity contribution in [2.45, 2.75) is 13.0 Å². The molecule has 0 spiro atoms. The zero-order valence-electron chi connectivity index (χ0n) is 23.0.